The average Bonchev–Trinajstić information content (AvgIpc) is 3.47. The molecule has 264 valence electrons. The van der Waals surface area contributed by atoms with Crippen LogP contribution >= 0.6 is 23.2 Å². The summed E-state index contributed by atoms with van der Waals surface area (Å²) >= 11 is 12.8. The number of piperidine rings is 1. The number of likely N-dealkylation sites (N-methyl/N-ethyl adjacent to an activating group) is 1. The number of fused-ring (bicyclic) bond motifs is 1. The van der Waals surface area contributed by atoms with Crippen LogP contribution in [0.1, 0.15) is 67.3 Å². The monoisotopic (exact) mass is 709 g/mol. The number of anilines is 1. The second-order valence-electron chi connectivity index (χ2n) is 12.8. The standard InChI is InChI=1S/C38H49Cl2N5O4/c1-6-7-10-18-45-33-12-9-8-11-32(33)42-38(45)41-29-16-20-44(21-17-29)19-15-27(26-13-14-30(39)31(40)22-26)25-43(2)37(46)28-23-34(47-3)36(49-5)35(24-28)48-4/h8-9,11-14,22-24,27,29H,6-7,10,15-21,25H2,1-5H3,(H,41,42). The van der Waals surface area contributed by atoms with Crippen LogP contribution in [0, 0.1) is 0 Å². The van der Waals surface area contributed by atoms with Crippen molar-refractivity contribution >= 4 is 46.1 Å². The summed E-state index contributed by atoms with van der Waals surface area (Å²) in [7, 11) is 6.45. The van der Waals surface area contributed by atoms with E-state index in [0.29, 0.717) is 45.4 Å². The maximum atomic E-state index is 13.7. The Hall–Kier alpha value is -3.66. The summed E-state index contributed by atoms with van der Waals surface area (Å²) in [4.78, 5) is 23.0. The van der Waals surface area contributed by atoms with Crippen LogP contribution in [0.5, 0.6) is 17.2 Å². The van der Waals surface area contributed by atoms with E-state index in [-0.39, 0.29) is 11.8 Å². The third kappa shape index (κ3) is 8.93. The number of rotatable bonds is 16. The summed E-state index contributed by atoms with van der Waals surface area (Å²) in [5.74, 6) is 2.21. The second kappa shape index (κ2) is 17.3. The number of nitrogens with zero attached hydrogens (tertiary/aromatic N) is 4. The van der Waals surface area contributed by atoms with Crippen molar-refractivity contribution in [1.82, 2.24) is 19.4 Å². The lowest BCUT2D eigenvalue weighted by Gasteiger charge is -2.34. The quantitative estimate of drug-likeness (QED) is 0.117. The zero-order valence-electron chi connectivity index (χ0n) is 29.3. The Morgan fingerprint density at radius 1 is 0.959 bits per heavy atom. The third-order valence-electron chi connectivity index (χ3n) is 9.52. The Morgan fingerprint density at radius 2 is 1.67 bits per heavy atom. The molecule has 1 unspecified atom stereocenters. The maximum Gasteiger partial charge on any atom is 0.253 e. The number of amides is 1. The number of carbonyl (C=O) groups is 1. The molecular weight excluding hydrogens is 661 g/mol. The van der Waals surface area contributed by atoms with Gasteiger partial charge in [0.25, 0.3) is 5.91 Å². The highest BCUT2D eigenvalue weighted by atomic mass is 35.5. The number of carbonyl (C=O) groups excluding carboxylic acids is 1. The van der Waals surface area contributed by atoms with E-state index in [2.05, 4.69) is 46.0 Å². The number of ether oxygens (including phenoxy) is 3. The number of aryl methyl sites for hydroxylation is 1. The summed E-state index contributed by atoms with van der Waals surface area (Å²) in [6, 6.07) is 17.9. The molecule has 1 N–H and O–H groups in total. The molecule has 1 aliphatic rings. The van der Waals surface area contributed by atoms with Gasteiger partial charge in [0.15, 0.2) is 11.5 Å². The molecule has 9 nitrogen and oxygen atoms in total. The molecule has 49 heavy (non-hydrogen) atoms. The second-order valence-corrected chi connectivity index (χ2v) is 13.6. The number of aromatic nitrogens is 2. The molecule has 11 heteroatoms. The van der Waals surface area contributed by atoms with Gasteiger partial charge >= 0.3 is 0 Å². The zero-order chi connectivity index (χ0) is 34.9. The molecule has 1 amide bonds. The molecule has 0 bridgehead atoms. The van der Waals surface area contributed by atoms with Gasteiger partial charge < -0.3 is 33.9 Å². The summed E-state index contributed by atoms with van der Waals surface area (Å²) in [5.41, 5.74) is 3.75. The molecule has 1 aliphatic heterocycles. The van der Waals surface area contributed by atoms with Gasteiger partial charge in [0, 0.05) is 50.7 Å². The molecule has 1 fully saturated rings. The average molecular weight is 711 g/mol. The number of hydrogen-bond donors (Lipinski definition) is 1. The normalized spacial score (nSPS) is 14.5. The largest absolute Gasteiger partial charge is 0.493 e. The molecule has 0 aliphatic carbocycles. The van der Waals surface area contributed by atoms with E-state index < -0.39 is 0 Å². The van der Waals surface area contributed by atoms with E-state index in [1.54, 1.807) is 38.4 Å². The number of benzene rings is 3. The van der Waals surface area contributed by atoms with E-state index in [1.165, 1.54) is 18.4 Å². The predicted octanol–water partition coefficient (Wildman–Crippen LogP) is 8.38. The van der Waals surface area contributed by atoms with Gasteiger partial charge in [0.2, 0.25) is 11.7 Å². The first-order valence-electron chi connectivity index (χ1n) is 17.2. The maximum absolute atomic E-state index is 13.7. The van der Waals surface area contributed by atoms with E-state index in [4.69, 9.17) is 42.4 Å². The van der Waals surface area contributed by atoms with Crippen molar-refractivity contribution < 1.29 is 19.0 Å². The number of imidazole rings is 1. The molecular formula is C38H49Cl2N5O4. The van der Waals surface area contributed by atoms with Crippen molar-refractivity contribution in [2.45, 2.75) is 64.0 Å². The molecule has 1 saturated heterocycles. The molecule has 0 saturated carbocycles. The van der Waals surface area contributed by atoms with Gasteiger partial charge in [-0.15, -0.1) is 0 Å². The Balaban J connectivity index is 1.24. The number of unbranched alkanes of at least 4 members (excludes halogenated alkanes) is 2. The van der Waals surface area contributed by atoms with E-state index in [0.717, 1.165) is 68.9 Å². The smallest absolute Gasteiger partial charge is 0.253 e. The van der Waals surface area contributed by atoms with Crippen molar-refractivity contribution in [2.24, 2.45) is 0 Å². The summed E-state index contributed by atoms with van der Waals surface area (Å²) < 4.78 is 18.8. The van der Waals surface area contributed by atoms with Gasteiger partial charge in [0.05, 0.1) is 42.4 Å². The fraction of sp³-hybridized carbons (Fsp3) is 0.474. The Labute approximate surface area is 300 Å². The van der Waals surface area contributed by atoms with Gasteiger partial charge in [-0.05, 0) is 74.2 Å². The first kappa shape index (κ1) is 36.6. The van der Waals surface area contributed by atoms with Crippen LogP contribution in [0.4, 0.5) is 5.95 Å². The van der Waals surface area contributed by atoms with Crippen LogP contribution in [-0.2, 0) is 6.54 Å². The Morgan fingerprint density at radius 3 is 2.33 bits per heavy atom. The van der Waals surface area contributed by atoms with Crippen molar-refractivity contribution in [2.75, 3.05) is 59.9 Å². The molecule has 0 radical (unpaired) electrons. The first-order chi connectivity index (χ1) is 23.8. The van der Waals surface area contributed by atoms with Crippen molar-refractivity contribution in [3.05, 3.63) is 75.8 Å². The van der Waals surface area contributed by atoms with Crippen LogP contribution in [-0.4, -0.2) is 85.9 Å². The lowest BCUT2D eigenvalue weighted by molar-refractivity contribution is 0.0781. The van der Waals surface area contributed by atoms with E-state index in [9.17, 15) is 4.79 Å². The third-order valence-corrected chi connectivity index (χ3v) is 10.3. The predicted molar refractivity (Wildman–Crippen MR) is 199 cm³/mol. The lowest BCUT2D eigenvalue weighted by Crippen LogP contribution is -2.40. The van der Waals surface area contributed by atoms with E-state index >= 15 is 0 Å². The van der Waals surface area contributed by atoms with Crippen molar-refractivity contribution in [3.63, 3.8) is 0 Å². The number of hydrogen-bond acceptors (Lipinski definition) is 7. The highest BCUT2D eigenvalue weighted by Gasteiger charge is 2.26. The number of methoxy groups -OCH3 is 3. The minimum Gasteiger partial charge on any atom is -0.493 e. The Bertz CT molecular complexity index is 1680. The van der Waals surface area contributed by atoms with Gasteiger partial charge in [-0.3, -0.25) is 4.79 Å². The highest BCUT2D eigenvalue weighted by Crippen LogP contribution is 2.39. The highest BCUT2D eigenvalue weighted by molar-refractivity contribution is 6.42. The van der Waals surface area contributed by atoms with E-state index in [1.807, 2.05) is 25.2 Å². The number of nitrogens with one attached hydrogen (secondary N) is 1. The number of halogens is 2. The van der Waals surface area contributed by atoms with Crippen molar-refractivity contribution in [1.29, 1.82) is 0 Å². The molecule has 3 aromatic carbocycles. The van der Waals surface area contributed by atoms with Crippen LogP contribution in [0.15, 0.2) is 54.6 Å². The molecule has 5 rings (SSSR count). The first-order valence-corrected chi connectivity index (χ1v) is 18.0. The van der Waals surface area contributed by atoms with Gasteiger partial charge in [-0.2, -0.15) is 0 Å². The van der Waals surface area contributed by atoms with Gasteiger partial charge in [-0.1, -0.05) is 61.2 Å². The minimum absolute atomic E-state index is 0.0460. The molecule has 1 atom stereocenters. The fourth-order valence-electron chi connectivity index (χ4n) is 6.72. The van der Waals surface area contributed by atoms with Crippen LogP contribution < -0.4 is 19.5 Å². The van der Waals surface area contributed by atoms with Gasteiger partial charge in [0.1, 0.15) is 0 Å². The summed E-state index contributed by atoms with van der Waals surface area (Å²) in [6.07, 6.45) is 6.48. The van der Waals surface area contributed by atoms with Crippen LogP contribution in [0.25, 0.3) is 11.0 Å². The lowest BCUT2D eigenvalue weighted by atomic mass is 9.94. The summed E-state index contributed by atoms with van der Waals surface area (Å²) in [6.45, 7) is 6.59. The molecule has 0 spiro atoms. The SMILES string of the molecule is CCCCCn1c(NC2CCN(CCC(CN(C)C(=O)c3cc(OC)c(OC)c(OC)c3)c3ccc(Cl)c(Cl)c3)CC2)nc2ccccc21. The fourth-order valence-corrected chi connectivity index (χ4v) is 7.03. The van der Waals surface area contributed by atoms with Gasteiger partial charge in [-0.25, -0.2) is 4.98 Å². The summed E-state index contributed by atoms with van der Waals surface area (Å²) in [5, 5.41) is 4.82. The molecule has 2 heterocycles. The van der Waals surface area contributed by atoms with Crippen LogP contribution in [0.2, 0.25) is 10.0 Å². The molecule has 1 aromatic heterocycles. The Kier molecular flexibility index (Phi) is 12.9. The zero-order valence-corrected chi connectivity index (χ0v) is 30.8. The van der Waals surface area contributed by atoms with Crippen molar-refractivity contribution in [3.8, 4) is 17.2 Å². The van der Waals surface area contributed by atoms with Crippen LogP contribution in [0.3, 0.4) is 0 Å². The molecule has 4 aromatic rings. The number of likely N-dealkylation sites (tertiary alicyclic amines) is 1. The topological polar surface area (TPSA) is 81.1 Å². The number of para-hydroxylation sites is 2. The minimum atomic E-state index is -0.142.